The quantitative estimate of drug-likeness (QED) is 0.186. The van der Waals surface area contributed by atoms with Crippen LogP contribution in [0, 0.1) is 5.92 Å². The summed E-state index contributed by atoms with van der Waals surface area (Å²) >= 11 is 0. The third-order valence-electron chi connectivity index (χ3n) is 7.68. The number of amides is 3. The van der Waals surface area contributed by atoms with Crippen molar-refractivity contribution in [2.75, 3.05) is 18.5 Å². The molecule has 14 heteroatoms. The van der Waals surface area contributed by atoms with Gasteiger partial charge in [-0.25, -0.2) is 9.97 Å². The Labute approximate surface area is 261 Å². The van der Waals surface area contributed by atoms with Crippen molar-refractivity contribution in [3.8, 4) is 0 Å². The minimum atomic E-state index is -1.27. The van der Waals surface area contributed by atoms with Crippen LogP contribution in [0.4, 0.5) is 5.82 Å². The summed E-state index contributed by atoms with van der Waals surface area (Å²) in [5.74, 6) is -2.47. The Balaban J connectivity index is 1.66. The number of rotatable bonds is 13. The number of nitrogens with two attached hydrogens (primary N) is 1. The molecule has 1 fully saturated rings. The number of imidazole rings is 1. The molecule has 0 radical (unpaired) electrons. The van der Waals surface area contributed by atoms with E-state index in [9.17, 15) is 24.3 Å². The molecule has 0 bridgehead atoms. The summed E-state index contributed by atoms with van der Waals surface area (Å²) in [7, 11) is 0. The first-order valence-corrected chi connectivity index (χ1v) is 15.2. The van der Waals surface area contributed by atoms with Crippen molar-refractivity contribution < 1.29 is 34.1 Å². The number of nitrogens with zero attached hydrogens (tertiary/aromatic N) is 4. The van der Waals surface area contributed by atoms with E-state index in [0.717, 1.165) is 5.39 Å². The summed E-state index contributed by atoms with van der Waals surface area (Å²) in [5, 5.41) is 26.2. The van der Waals surface area contributed by atoms with Gasteiger partial charge in [-0.2, -0.15) is 0 Å². The number of carboxylic acid groups (broad SMARTS) is 1. The highest BCUT2D eigenvalue weighted by Crippen LogP contribution is 2.32. The summed E-state index contributed by atoms with van der Waals surface area (Å²) in [6.07, 6.45) is 0.349. The number of aromatic nitrogens is 3. The average Bonchev–Trinajstić information content (AvgIpc) is 3.58. The van der Waals surface area contributed by atoms with Crippen molar-refractivity contribution in [2.24, 2.45) is 11.7 Å². The van der Waals surface area contributed by atoms with Crippen LogP contribution in [0.1, 0.15) is 59.7 Å². The van der Waals surface area contributed by atoms with E-state index >= 15 is 0 Å². The SMILES string of the molecule is CCOCc1nc2c(NC(=O)[C@@H](NC(=O)[C@@H]3CCCN3C(=O)[C@@H](N)CC(=O)O)C(C)C)nc3ccccc3c2n1CC(C)(C)O. The molecule has 1 saturated heterocycles. The van der Waals surface area contributed by atoms with E-state index in [-0.39, 0.29) is 31.4 Å². The summed E-state index contributed by atoms with van der Waals surface area (Å²) < 4.78 is 7.56. The topological polar surface area (TPSA) is 202 Å². The van der Waals surface area contributed by atoms with Gasteiger partial charge >= 0.3 is 5.97 Å². The minimum Gasteiger partial charge on any atom is -0.481 e. The van der Waals surface area contributed by atoms with Gasteiger partial charge in [-0.05, 0) is 45.6 Å². The molecule has 3 heterocycles. The van der Waals surface area contributed by atoms with Gasteiger partial charge in [0.15, 0.2) is 5.82 Å². The molecule has 4 rings (SSSR count). The third-order valence-corrected chi connectivity index (χ3v) is 7.68. The van der Waals surface area contributed by atoms with E-state index in [2.05, 4.69) is 10.6 Å². The number of nitrogens with one attached hydrogen (secondary N) is 2. The van der Waals surface area contributed by atoms with Crippen molar-refractivity contribution in [3.05, 3.63) is 30.1 Å². The first kappa shape index (κ1) is 33.7. The molecule has 0 unspecified atom stereocenters. The molecule has 45 heavy (non-hydrogen) atoms. The Morgan fingerprint density at radius 3 is 2.53 bits per heavy atom. The summed E-state index contributed by atoms with van der Waals surface area (Å²) in [5.41, 5.74) is 6.41. The van der Waals surface area contributed by atoms with Crippen molar-refractivity contribution >= 4 is 51.4 Å². The summed E-state index contributed by atoms with van der Waals surface area (Å²) in [4.78, 5) is 61.9. The summed E-state index contributed by atoms with van der Waals surface area (Å²) in [6.45, 7) is 9.95. The second-order valence-electron chi connectivity index (χ2n) is 12.4. The molecular weight excluding hydrogens is 582 g/mol. The fourth-order valence-corrected chi connectivity index (χ4v) is 5.60. The molecule has 6 N–H and O–H groups in total. The molecule has 1 aliphatic rings. The zero-order valence-electron chi connectivity index (χ0n) is 26.4. The number of fused-ring (bicyclic) bond motifs is 3. The van der Waals surface area contributed by atoms with E-state index in [0.29, 0.717) is 41.8 Å². The molecule has 244 valence electrons. The van der Waals surface area contributed by atoms with Gasteiger partial charge in [-0.15, -0.1) is 0 Å². The second kappa shape index (κ2) is 13.9. The lowest BCUT2D eigenvalue weighted by Crippen LogP contribution is -2.55. The Morgan fingerprint density at radius 1 is 1.18 bits per heavy atom. The van der Waals surface area contributed by atoms with Crippen LogP contribution < -0.4 is 16.4 Å². The molecule has 0 aliphatic carbocycles. The number of carbonyl (C=O) groups is 4. The predicted octanol–water partition coefficient (Wildman–Crippen LogP) is 1.76. The number of anilines is 1. The fourth-order valence-electron chi connectivity index (χ4n) is 5.60. The lowest BCUT2D eigenvalue weighted by Gasteiger charge is -2.29. The number of pyridine rings is 1. The van der Waals surface area contributed by atoms with Crippen molar-refractivity contribution in [2.45, 2.75) is 90.8 Å². The molecule has 1 aliphatic heterocycles. The maximum atomic E-state index is 13.8. The van der Waals surface area contributed by atoms with Gasteiger partial charge < -0.3 is 40.8 Å². The van der Waals surface area contributed by atoms with Gasteiger partial charge in [0.2, 0.25) is 17.7 Å². The number of carbonyl (C=O) groups excluding carboxylic acids is 3. The van der Waals surface area contributed by atoms with Gasteiger partial charge in [0, 0.05) is 18.5 Å². The number of likely N-dealkylation sites (tertiary alicyclic amines) is 1. The maximum Gasteiger partial charge on any atom is 0.305 e. The molecular formula is C31H43N7O7. The third kappa shape index (κ3) is 7.75. The molecule has 3 atom stereocenters. The average molecular weight is 626 g/mol. The fraction of sp³-hybridized carbons (Fsp3) is 0.548. The van der Waals surface area contributed by atoms with Crippen molar-refractivity contribution in [3.63, 3.8) is 0 Å². The van der Waals surface area contributed by atoms with Gasteiger partial charge in [-0.3, -0.25) is 19.2 Å². The molecule has 3 amide bonds. The van der Waals surface area contributed by atoms with Crippen LogP contribution in [0.15, 0.2) is 24.3 Å². The van der Waals surface area contributed by atoms with Crippen molar-refractivity contribution in [1.82, 2.24) is 24.8 Å². The molecule has 3 aromatic rings. The minimum absolute atomic E-state index is 0.181. The van der Waals surface area contributed by atoms with Crippen LogP contribution in [-0.4, -0.2) is 90.2 Å². The zero-order chi connectivity index (χ0) is 33.1. The van der Waals surface area contributed by atoms with Crippen LogP contribution in [0.2, 0.25) is 0 Å². The number of hydrogen-bond acceptors (Lipinski definition) is 9. The number of aliphatic carboxylic acids is 1. The van der Waals surface area contributed by atoms with Crippen LogP contribution in [0.25, 0.3) is 21.9 Å². The number of carboxylic acids is 1. The maximum absolute atomic E-state index is 13.8. The predicted molar refractivity (Wildman–Crippen MR) is 167 cm³/mol. The highest BCUT2D eigenvalue weighted by atomic mass is 16.5. The number of para-hydroxylation sites is 1. The largest absolute Gasteiger partial charge is 0.481 e. The normalized spacial score (nSPS) is 16.7. The van der Waals surface area contributed by atoms with Gasteiger partial charge in [0.05, 0.1) is 35.6 Å². The van der Waals surface area contributed by atoms with E-state index in [1.54, 1.807) is 27.7 Å². The second-order valence-corrected chi connectivity index (χ2v) is 12.4. The van der Waals surface area contributed by atoms with Gasteiger partial charge in [-0.1, -0.05) is 32.0 Å². The molecule has 0 spiro atoms. The first-order chi connectivity index (χ1) is 21.2. The molecule has 2 aromatic heterocycles. The molecule has 14 nitrogen and oxygen atoms in total. The van der Waals surface area contributed by atoms with E-state index in [1.807, 2.05) is 35.8 Å². The lowest BCUT2D eigenvalue weighted by molar-refractivity contribution is -0.144. The lowest BCUT2D eigenvalue weighted by atomic mass is 10.0. The van der Waals surface area contributed by atoms with Crippen LogP contribution in [-0.2, 0) is 37.1 Å². The smallest absolute Gasteiger partial charge is 0.305 e. The Bertz CT molecular complexity index is 1580. The highest BCUT2D eigenvalue weighted by Gasteiger charge is 2.38. The van der Waals surface area contributed by atoms with E-state index in [1.165, 1.54) is 4.90 Å². The van der Waals surface area contributed by atoms with Crippen molar-refractivity contribution in [1.29, 1.82) is 0 Å². The van der Waals surface area contributed by atoms with Crippen LogP contribution in [0.3, 0.4) is 0 Å². The van der Waals surface area contributed by atoms with Crippen LogP contribution >= 0.6 is 0 Å². The monoisotopic (exact) mass is 625 g/mol. The Morgan fingerprint density at radius 2 is 1.89 bits per heavy atom. The van der Waals surface area contributed by atoms with E-state index in [4.69, 9.17) is 25.5 Å². The molecule has 1 aromatic carbocycles. The molecule has 0 saturated carbocycles. The number of hydrogen-bond donors (Lipinski definition) is 5. The first-order valence-electron chi connectivity index (χ1n) is 15.2. The zero-order valence-corrected chi connectivity index (χ0v) is 26.4. The number of ether oxygens (including phenoxy) is 1. The Kier molecular flexibility index (Phi) is 10.4. The Hall–Kier alpha value is -4.14. The number of aliphatic hydroxyl groups is 1. The number of benzene rings is 1. The van der Waals surface area contributed by atoms with Gasteiger partial charge in [0.25, 0.3) is 0 Å². The summed E-state index contributed by atoms with van der Waals surface area (Å²) in [6, 6.07) is 4.28. The highest BCUT2D eigenvalue weighted by molar-refractivity contribution is 6.10. The van der Waals surface area contributed by atoms with E-state index < -0.39 is 53.8 Å². The van der Waals surface area contributed by atoms with Crippen LogP contribution in [0.5, 0.6) is 0 Å². The standard InChI is InChI=1S/C31H43N7O7/c1-6-45-15-22-34-25-26(38(22)16-31(4,5)44)18-10-7-8-11-20(18)33-27(25)36-29(42)24(17(2)3)35-28(41)21-12-9-13-37(21)30(43)19(32)14-23(39)40/h7-8,10-11,17,19,21,24,44H,6,9,12-16,32H2,1-5H3,(H,35,41)(H,39,40)(H,33,36,42)/t19-,21-,24-/m0/s1. The van der Waals surface area contributed by atoms with Gasteiger partial charge in [0.1, 0.15) is 30.0 Å².